The molecule has 0 aliphatic carbocycles. The van der Waals surface area contributed by atoms with Crippen LogP contribution in [0.4, 0.5) is 0 Å². The number of para-hydroxylation sites is 1. The van der Waals surface area contributed by atoms with E-state index in [1.165, 1.54) is 19.4 Å². The molecule has 0 heterocycles. The largest absolute Gasteiger partial charge is 0.507 e. The quantitative estimate of drug-likeness (QED) is 0.504. The summed E-state index contributed by atoms with van der Waals surface area (Å²) in [5.41, 5.74) is 2.84. The van der Waals surface area contributed by atoms with Crippen molar-refractivity contribution < 1.29 is 19.7 Å². The summed E-state index contributed by atoms with van der Waals surface area (Å²) in [7, 11) is 1.44. The first-order valence-electron chi connectivity index (χ1n) is 7.51. The van der Waals surface area contributed by atoms with Crippen LogP contribution in [0, 0.1) is 0 Å². The molecule has 0 aromatic heterocycles. The van der Waals surface area contributed by atoms with Gasteiger partial charge in [0.1, 0.15) is 5.75 Å². The summed E-state index contributed by atoms with van der Waals surface area (Å²) in [5.74, 6) is -0.448. The lowest BCUT2D eigenvalue weighted by Crippen LogP contribution is -2.17. The lowest BCUT2D eigenvalue weighted by Gasteiger charge is -2.06. The van der Waals surface area contributed by atoms with E-state index in [9.17, 15) is 15.0 Å². The summed E-state index contributed by atoms with van der Waals surface area (Å²) in [4.78, 5) is 12.2. The molecule has 25 heavy (non-hydrogen) atoms. The van der Waals surface area contributed by atoms with Gasteiger partial charge in [0.2, 0.25) is 0 Å². The zero-order chi connectivity index (χ0) is 17.8. The molecule has 0 spiro atoms. The lowest BCUT2D eigenvalue weighted by atomic mass is 10.1. The summed E-state index contributed by atoms with van der Waals surface area (Å²) in [6.45, 7) is 0. The van der Waals surface area contributed by atoms with Crippen LogP contribution in [0.25, 0.3) is 10.8 Å². The number of hydrogen-bond acceptors (Lipinski definition) is 5. The number of nitrogens with one attached hydrogen (secondary N) is 1. The van der Waals surface area contributed by atoms with Gasteiger partial charge in [-0.25, -0.2) is 5.43 Å². The third-order valence-electron chi connectivity index (χ3n) is 3.73. The lowest BCUT2D eigenvalue weighted by molar-refractivity contribution is 0.0952. The van der Waals surface area contributed by atoms with Crippen molar-refractivity contribution in [1.82, 2.24) is 5.43 Å². The van der Waals surface area contributed by atoms with E-state index in [4.69, 9.17) is 4.74 Å². The van der Waals surface area contributed by atoms with Gasteiger partial charge in [0.05, 0.1) is 18.9 Å². The first-order valence-corrected chi connectivity index (χ1v) is 7.51. The molecule has 1 amide bonds. The van der Waals surface area contributed by atoms with Gasteiger partial charge in [-0.1, -0.05) is 30.3 Å². The summed E-state index contributed by atoms with van der Waals surface area (Å²) in [5, 5.41) is 25.5. The van der Waals surface area contributed by atoms with Gasteiger partial charge >= 0.3 is 0 Å². The number of amides is 1. The van der Waals surface area contributed by atoms with Crippen molar-refractivity contribution in [2.75, 3.05) is 7.11 Å². The highest BCUT2D eigenvalue weighted by Crippen LogP contribution is 2.28. The Morgan fingerprint density at radius 3 is 2.52 bits per heavy atom. The van der Waals surface area contributed by atoms with Gasteiger partial charge in [-0.3, -0.25) is 4.79 Å². The van der Waals surface area contributed by atoms with Crippen molar-refractivity contribution in [2.24, 2.45) is 5.10 Å². The van der Waals surface area contributed by atoms with Gasteiger partial charge in [-0.15, -0.1) is 0 Å². The summed E-state index contributed by atoms with van der Waals surface area (Å²) in [6.07, 6.45) is 1.30. The maximum absolute atomic E-state index is 12.2. The maximum Gasteiger partial charge on any atom is 0.275 e. The molecular formula is C19H16N2O4. The molecule has 0 atom stereocenters. The van der Waals surface area contributed by atoms with Crippen LogP contribution in [0.3, 0.4) is 0 Å². The van der Waals surface area contributed by atoms with E-state index in [1.54, 1.807) is 24.3 Å². The molecule has 6 nitrogen and oxygen atoms in total. The SMILES string of the molecule is COc1cccc(/C=N\NC(=O)c2cc3ccccc3cc2O)c1O. The van der Waals surface area contributed by atoms with Crippen LogP contribution in [-0.4, -0.2) is 29.4 Å². The number of carbonyl (C=O) groups is 1. The highest BCUT2D eigenvalue weighted by Gasteiger charge is 2.12. The smallest absolute Gasteiger partial charge is 0.275 e. The standard InChI is InChI=1S/C19H16N2O4/c1-25-17-8-4-7-14(18(17)23)11-20-21-19(24)15-9-12-5-2-3-6-13(12)10-16(15)22/h2-11,22-23H,1H3,(H,21,24)/b20-11-. The van der Waals surface area contributed by atoms with Crippen LogP contribution >= 0.6 is 0 Å². The number of hydrazone groups is 1. The molecule has 0 aliphatic rings. The van der Waals surface area contributed by atoms with Crippen LogP contribution in [0.2, 0.25) is 0 Å². The van der Waals surface area contributed by atoms with Crippen molar-refractivity contribution in [1.29, 1.82) is 0 Å². The summed E-state index contributed by atoms with van der Waals surface area (Å²) >= 11 is 0. The van der Waals surface area contributed by atoms with Crippen LogP contribution in [0.5, 0.6) is 17.2 Å². The Balaban J connectivity index is 1.80. The zero-order valence-corrected chi connectivity index (χ0v) is 13.4. The number of phenolic OH excluding ortho intramolecular Hbond substituents is 2. The Morgan fingerprint density at radius 2 is 1.80 bits per heavy atom. The molecule has 0 radical (unpaired) electrons. The average molecular weight is 336 g/mol. The highest BCUT2D eigenvalue weighted by atomic mass is 16.5. The molecular weight excluding hydrogens is 320 g/mol. The van der Waals surface area contributed by atoms with Gasteiger partial charge in [0, 0.05) is 5.56 Å². The number of ether oxygens (including phenoxy) is 1. The third-order valence-corrected chi connectivity index (χ3v) is 3.73. The average Bonchev–Trinajstić information content (AvgIpc) is 2.62. The van der Waals surface area contributed by atoms with Gasteiger partial charge < -0.3 is 14.9 Å². The molecule has 126 valence electrons. The molecule has 0 aliphatic heterocycles. The fourth-order valence-electron chi connectivity index (χ4n) is 2.44. The third kappa shape index (κ3) is 3.37. The van der Waals surface area contributed by atoms with Gasteiger partial charge in [-0.2, -0.15) is 5.10 Å². The number of benzene rings is 3. The molecule has 0 bridgehead atoms. The number of nitrogens with zero attached hydrogens (tertiary/aromatic N) is 1. The molecule has 3 N–H and O–H groups in total. The topological polar surface area (TPSA) is 91.2 Å². The monoisotopic (exact) mass is 336 g/mol. The summed E-state index contributed by atoms with van der Waals surface area (Å²) in [6, 6.07) is 15.5. The van der Waals surface area contributed by atoms with E-state index >= 15 is 0 Å². The highest BCUT2D eigenvalue weighted by molar-refractivity contribution is 6.01. The van der Waals surface area contributed by atoms with E-state index in [0.717, 1.165) is 10.8 Å². The minimum absolute atomic E-state index is 0.0726. The molecule has 0 saturated heterocycles. The molecule has 6 heteroatoms. The van der Waals surface area contributed by atoms with E-state index in [2.05, 4.69) is 10.5 Å². The number of rotatable bonds is 4. The predicted octanol–water partition coefficient (Wildman–Crippen LogP) is 3.02. The van der Waals surface area contributed by atoms with Crippen LogP contribution in [0.15, 0.2) is 59.7 Å². The second-order valence-corrected chi connectivity index (χ2v) is 5.31. The van der Waals surface area contributed by atoms with Crippen molar-refractivity contribution in [3.8, 4) is 17.2 Å². The Hall–Kier alpha value is -3.54. The number of fused-ring (bicyclic) bond motifs is 1. The fourth-order valence-corrected chi connectivity index (χ4v) is 2.44. The second-order valence-electron chi connectivity index (χ2n) is 5.31. The van der Waals surface area contributed by atoms with Crippen molar-refractivity contribution in [2.45, 2.75) is 0 Å². The number of phenols is 2. The number of methoxy groups -OCH3 is 1. The van der Waals surface area contributed by atoms with Crippen molar-refractivity contribution >= 4 is 22.9 Å². The molecule has 3 aromatic carbocycles. The summed E-state index contributed by atoms with van der Waals surface area (Å²) < 4.78 is 5.01. The second kappa shape index (κ2) is 6.92. The number of hydrogen-bond donors (Lipinski definition) is 3. The van der Waals surface area contributed by atoms with E-state index < -0.39 is 5.91 Å². The number of carbonyl (C=O) groups excluding carboxylic acids is 1. The first-order chi connectivity index (χ1) is 12.1. The molecule has 0 saturated carbocycles. The molecule has 3 aromatic rings. The Morgan fingerprint density at radius 1 is 1.08 bits per heavy atom. The van der Waals surface area contributed by atoms with Crippen molar-refractivity contribution in [3.63, 3.8) is 0 Å². The predicted molar refractivity (Wildman–Crippen MR) is 95.3 cm³/mol. The van der Waals surface area contributed by atoms with Gasteiger partial charge in [-0.05, 0) is 35.0 Å². The minimum Gasteiger partial charge on any atom is -0.507 e. The van der Waals surface area contributed by atoms with E-state index in [-0.39, 0.29) is 17.1 Å². The first kappa shape index (κ1) is 16.3. The fraction of sp³-hybridized carbons (Fsp3) is 0.0526. The maximum atomic E-state index is 12.2. The van der Waals surface area contributed by atoms with E-state index in [1.807, 2.05) is 24.3 Å². The molecule has 3 rings (SSSR count). The Labute approximate surface area is 144 Å². The Kier molecular flexibility index (Phi) is 4.52. The van der Waals surface area contributed by atoms with Crippen LogP contribution < -0.4 is 10.2 Å². The van der Waals surface area contributed by atoms with Crippen LogP contribution in [0.1, 0.15) is 15.9 Å². The zero-order valence-electron chi connectivity index (χ0n) is 13.4. The normalized spacial score (nSPS) is 10.9. The van der Waals surface area contributed by atoms with Gasteiger partial charge in [0.25, 0.3) is 5.91 Å². The van der Waals surface area contributed by atoms with Crippen molar-refractivity contribution in [3.05, 3.63) is 65.7 Å². The Bertz CT molecular complexity index is 967. The van der Waals surface area contributed by atoms with Gasteiger partial charge in [0.15, 0.2) is 11.5 Å². The minimum atomic E-state index is -0.554. The number of aromatic hydroxyl groups is 2. The molecule has 0 fully saturated rings. The van der Waals surface area contributed by atoms with Crippen LogP contribution in [-0.2, 0) is 0 Å². The molecule has 0 unspecified atom stereocenters. The van der Waals surface area contributed by atoms with E-state index in [0.29, 0.717) is 11.3 Å².